The van der Waals surface area contributed by atoms with Gasteiger partial charge in [0.05, 0.1) is 12.0 Å². The fourth-order valence-corrected chi connectivity index (χ4v) is 3.39. The minimum atomic E-state index is 0.499. The van der Waals surface area contributed by atoms with E-state index in [-0.39, 0.29) is 0 Å². The summed E-state index contributed by atoms with van der Waals surface area (Å²) >= 11 is 2.04. The summed E-state index contributed by atoms with van der Waals surface area (Å²) in [6, 6.07) is 0. The predicted octanol–water partition coefficient (Wildman–Crippen LogP) is 2.19. The van der Waals surface area contributed by atoms with Gasteiger partial charge in [-0.25, -0.2) is 4.98 Å². The van der Waals surface area contributed by atoms with E-state index >= 15 is 0 Å². The minimum absolute atomic E-state index is 0.499. The average molecular weight is 239 g/mol. The van der Waals surface area contributed by atoms with E-state index in [2.05, 4.69) is 21.1 Å². The zero-order valence-electron chi connectivity index (χ0n) is 10.2. The van der Waals surface area contributed by atoms with Crippen molar-refractivity contribution >= 4 is 11.8 Å². The van der Waals surface area contributed by atoms with Crippen molar-refractivity contribution in [3.63, 3.8) is 0 Å². The summed E-state index contributed by atoms with van der Waals surface area (Å²) < 4.78 is 2.58. The Morgan fingerprint density at radius 2 is 2.25 bits per heavy atom. The van der Waals surface area contributed by atoms with Gasteiger partial charge in [-0.1, -0.05) is 12.8 Å². The fourth-order valence-electron chi connectivity index (χ4n) is 2.45. The van der Waals surface area contributed by atoms with Gasteiger partial charge in [0.25, 0.3) is 0 Å². The van der Waals surface area contributed by atoms with E-state index in [1.165, 1.54) is 31.4 Å². The number of hydrogen-bond donors (Lipinski definition) is 1. The quantitative estimate of drug-likeness (QED) is 0.854. The van der Waals surface area contributed by atoms with Crippen molar-refractivity contribution in [2.24, 2.45) is 7.05 Å². The van der Waals surface area contributed by atoms with Crippen LogP contribution in [0.1, 0.15) is 31.4 Å². The zero-order valence-corrected chi connectivity index (χ0v) is 11.0. The molecule has 2 rings (SSSR count). The summed E-state index contributed by atoms with van der Waals surface area (Å²) in [6.07, 6.45) is 11.6. The Labute approximate surface area is 102 Å². The number of aryl methyl sites for hydroxylation is 1. The van der Waals surface area contributed by atoms with Gasteiger partial charge < -0.3 is 9.88 Å². The van der Waals surface area contributed by atoms with Crippen LogP contribution in [0.3, 0.4) is 0 Å². The Morgan fingerprint density at radius 3 is 2.81 bits per heavy atom. The molecule has 0 bridgehead atoms. The van der Waals surface area contributed by atoms with Crippen LogP contribution in [0.5, 0.6) is 0 Å². The van der Waals surface area contributed by atoms with Crippen molar-refractivity contribution in [2.75, 3.05) is 12.8 Å². The first kappa shape index (κ1) is 12.0. The molecule has 0 aliphatic heterocycles. The van der Waals surface area contributed by atoms with Gasteiger partial charge in [-0.05, 0) is 19.1 Å². The van der Waals surface area contributed by atoms with Crippen molar-refractivity contribution < 1.29 is 0 Å². The Morgan fingerprint density at radius 1 is 1.50 bits per heavy atom. The molecule has 0 atom stereocenters. The molecule has 0 radical (unpaired) electrons. The lowest BCUT2D eigenvalue weighted by Gasteiger charge is -2.27. The number of aromatic nitrogens is 2. The third-order valence-corrected chi connectivity index (χ3v) is 5.04. The summed E-state index contributed by atoms with van der Waals surface area (Å²) in [5, 5.41) is 3.58. The molecule has 1 aromatic rings. The Kier molecular flexibility index (Phi) is 3.92. The maximum Gasteiger partial charge on any atom is 0.0945 e. The van der Waals surface area contributed by atoms with Gasteiger partial charge >= 0.3 is 0 Å². The molecule has 4 heteroatoms. The Hall–Kier alpha value is -0.480. The third kappa shape index (κ3) is 2.61. The smallest absolute Gasteiger partial charge is 0.0945 e. The first-order chi connectivity index (χ1) is 7.76. The monoisotopic (exact) mass is 239 g/mol. The summed E-state index contributed by atoms with van der Waals surface area (Å²) in [5.41, 5.74) is 1.26. The molecule has 1 aliphatic carbocycles. The topological polar surface area (TPSA) is 29.9 Å². The van der Waals surface area contributed by atoms with Crippen LogP contribution in [0.25, 0.3) is 0 Å². The lowest BCUT2D eigenvalue weighted by molar-refractivity contribution is 0.526. The van der Waals surface area contributed by atoms with E-state index in [9.17, 15) is 0 Å². The van der Waals surface area contributed by atoms with Crippen molar-refractivity contribution in [1.29, 1.82) is 0 Å². The summed E-state index contributed by atoms with van der Waals surface area (Å²) in [4.78, 5) is 4.13. The van der Waals surface area contributed by atoms with Gasteiger partial charge in [0, 0.05) is 31.1 Å². The molecule has 0 aromatic carbocycles. The van der Waals surface area contributed by atoms with Gasteiger partial charge in [-0.2, -0.15) is 11.8 Å². The van der Waals surface area contributed by atoms with E-state index in [4.69, 9.17) is 0 Å². The number of thioether (sulfide) groups is 1. The highest BCUT2D eigenvalue weighted by Gasteiger charge is 2.32. The average Bonchev–Trinajstić information content (AvgIpc) is 2.90. The fraction of sp³-hybridized carbons (Fsp3) is 0.750. The second kappa shape index (κ2) is 5.23. The molecule has 1 aromatic heterocycles. The van der Waals surface area contributed by atoms with Crippen LogP contribution >= 0.6 is 11.8 Å². The number of nitrogens with zero attached hydrogens (tertiary/aromatic N) is 2. The van der Waals surface area contributed by atoms with Crippen LogP contribution in [0.15, 0.2) is 12.5 Å². The SMILES string of the molecule is CSC1(CNCc2cncn2C)CCCC1. The normalized spacial score (nSPS) is 19.1. The molecule has 0 unspecified atom stereocenters. The maximum atomic E-state index is 4.13. The second-order valence-corrected chi connectivity index (χ2v) is 5.97. The molecular formula is C12H21N3S. The largest absolute Gasteiger partial charge is 0.337 e. The summed E-state index contributed by atoms with van der Waals surface area (Å²) in [7, 11) is 2.05. The van der Waals surface area contributed by atoms with E-state index < -0.39 is 0 Å². The predicted molar refractivity (Wildman–Crippen MR) is 69.6 cm³/mol. The first-order valence-electron chi connectivity index (χ1n) is 5.97. The molecule has 1 N–H and O–H groups in total. The molecular weight excluding hydrogens is 218 g/mol. The van der Waals surface area contributed by atoms with Gasteiger partial charge in [0.2, 0.25) is 0 Å². The number of nitrogens with one attached hydrogen (secondary N) is 1. The lowest BCUT2D eigenvalue weighted by atomic mass is 10.1. The van der Waals surface area contributed by atoms with Gasteiger partial charge in [-0.15, -0.1) is 0 Å². The third-order valence-electron chi connectivity index (χ3n) is 3.62. The van der Waals surface area contributed by atoms with Crippen LogP contribution in [0.4, 0.5) is 0 Å². The molecule has 1 aliphatic rings. The van der Waals surface area contributed by atoms with E-state index in [1.54, 1.807) is 0 Å². The minimum Gasteiger partial charge on any atom is -0.337 e. The van der Waals surface area contributed by atoms with E-state index in [0.29, 0.717) is 4.75 Å². The second-order valence-electron chi connectivity index (χ2n) is 4.69. The van der Waals surface area contributed by atoms with Gasteiger partial charge in [0.15, 0.2) is 0 Å². The lowest BCUT2D eigenvalue weighted by Crippen LogP contribution is -2.35. The molecule has 0 amide bonds. The van der Waals surface area contributed by atoms with Crippen LogP contribution in [0.2, 0.25) is 0 Å². The molecule has 3 nitrogen and oxygen atoms in total. The highest BCUT2D eigenvalue weighted by atomic mass is 32.2. The molecule has 0 saturated heterocycles. The van der Waals surface area contributed by atoms with E-state index in [0.717, 1.165) is 13.1 Å². The van der Waals surface area contributed by atoms with E-state index in [1.807, 2.05) is 31.3 Å². The zero-order chi connectivity index (χ0) is 11.4. The standard InChI is InChI=1S/C12H21N3S/c1-15-10-14-8-11(15)7-13-9-12(16-2)5-3-4-6-12/h8,10,13H,3-7,9H2,1-2H3. The van der Waals surface area contributed by atoms with Crippen LogP contribution in [0, 0.1) is 0 Å². The first-order valence-corrected chi connectivity index (χ1v) is 7.19. The van der Waals surface area contributed by atoms with Gasteiger partial charge in [-0.3, -0.25) is 0 Å². The van der Waals surface area contributed by atoms with Crippen molar-refractivity contribution in [2.45, 2.75) is 37.0 Å². The number of imidazole rings is 1. The van der Waals surface area contributed by atoms with Crippen molar-refractivity contribution in [1.82, 2.24) is 14.9 Å². The molecule has 0 spiro atoms. The van der Waals surface area contributed by atoms with Crippen LogP contribution in [-0.2, 0) is 13.6 Å². The number of hydrogen-bond acceptors (Lipinski definition) is 3. The van der Waals surface area contributed by atoms with Gasteiger partial charge in [0.1, 0.15) is 0 Å². The molecule has 90 valence electrons. The summed E-state index contributed by atoms with van der Waals surface area (Å²) in [5.74, 6) is 0. The highest BCUT2D eigenvalue weighted by Crippen LogP contribution is 2.39. The van der Waals surface area contributed by atoms with Crippen molar-refractivity contribution in [3.8, 4) is 0 Å². The molecule has 1 saturated carbocycles. The van der Waals surface area contributed by atoms with Crippen molar-refractivity contribution in [3.05, 3.63) is 18.2 Å². The highest BCUT2D eigenvalue weighted by molar-refractivity contribution is 8.00. The molecule has 1 heterocycles. The molecule has 1 fully saturated rings. The Bertz CT molecular complexity index is 329. The number of rotatable bonds is 5. The van der Waals surface area contributed by atoms with Crippen LogP contribution in [-0.4, -0.2) is 27.1 Å². The Balaban J connectivity index is 1.81. The molecule has 16 heavy (non-hydrogen) atoms. The van der Waals surface area contributed by atoms with Crippen LogP contribution < -0.4 is 5.32 Å². The summed E-state index contributed by atoms with van der Waals surface area (Å²) in [6.45, 7) is 2.05. The maximum absolute atomic E-state index is 4.13.